The molecule has 0 spiro atoms. The molecule has 0 radical (unpaired) electrons. The summed E-state index contributed by atoms with van der Waals surface area (Å²) in [7, 11) is 0. The molecule has 1 aromatic carbocycles. The van der Waals surface area contributed by atoms with Gasteiger partial charge in [-0.15, -0.1) is 13.2 Å². The maximum absolute atomic E-state index is 14.6. The number of aliphatic carboxylic acids is 1. The van der Waals surface area contributed by atoms with Gasteiger partial charge >= 0.3 is 12.3 Å². The van der Waals surface area contributed by atoms with E-state index in [2.05, 4.69) is 9.72 Å². The van der Waals surface area contributed by atoms with Crippen molar-refractivity contribution in [3.63, 3.8) is 0 Å². The van der Waals surface area contributed by atoms with Crippen molar-refractivity contribution in [2.75, 3.05) is 6.54 Å². The molecule has 0 unspecified atom stereocenters. The molecule has 2 aromatic heterocycles. The van der Waals surface area contributed by atoms with Crippen LogP contribution < -0.4 is 4.74 Å². The van der Waals surface area contributed by atoms with Crippen LogP contribution in [0.1, 0.15) is 49.9 Å². The normalized spacial score (nSPS) is 14.1. The number of rotatable bonds is 8. The topological polar surface area (TPSA) is 84.7 Å². The van der Waals surface area contributed by atoms with Gasteiger partial charge in [0.05, 0.1) is 18.5 Å². The van der Waals surface area contributed by atoms with Crippen LogP contribution in [0, 0.1) is 11.2 Å². The van der Waals surface area contributed by atoms with Crippen molar-refractivity contribution in [3.8, 4) is 5.75 Å². The van der Waals surface area contributed by atoms with E-state index < -0.39 is 29.3 Å². The minimum atomic E-state index is -4.91. The second-order valence-electron chi connectivity index (χ2n) is 9.79. The lowest BCUT2D eigenvalue weighted by molar-refractivity contribution is -0.274. The Bertz CT molecular complexity index is 1330. The number of aromatic nitrogens is 2. The third-order valence-corrected chi connectivity index (χ3v) is 6.72. The van der Waals surface area contributed by atoms with E-state index in [0.29, 0.717) is 31.5 Å². The van der Waals surface area contributed by atoms with Gasteiger partial charge in [0.25, 0.3) is 0 Å². The molecular formula is C26H27F4N3O4. The summed E-state index contributed by atoms with van der Waals surface area (Å²) in [6, 6.07) is 6.51. The Morgan fingerprint density at radius 3 is 2.65 bits per heavy atom. The van der Waals surface area contributed by atoms with Crippen LogP contribution in [0.2, 0.25) is 0 Å². The number of benzene rings is 1. The van der Waals surface area contributed by atoms with Gasteiger partial charge in [0.2, 0.25) is 5.91 Å². The summed E-state index contributed by atoms with van der Waals surface area (Å²) in [4.78, 5) is 30.4. The molecule has 0 saturated carbocycles. The summed E-state index contributed by atoms with van der Waals surface area (Å²) >= 11 is 0. The lowest BCUT2D eigenvalue weighted by Crippen LogP contribution is -2.36. The quantitative estimate of drug-likeness (QED) is 0.408. The zero-order chi connectivity index (χ0) is 27.0. The van der Waals surface area contributed by atoms with Crippen molar-refractivity contribution >= 4 is 22.9 Å². The first kappa shape index (κ1) is 26.4. The highest BCUT2D eigenvalue weighted by molar-refractivity contribution is 5.84. The van der Waals surface area contributed by atoms with Gasteiger partial charge in [-0.3, -0.25) is 9.59 Å². The fraction of sp³-hybridized carbons (Fsp3) is 0.423. The molecular weight excluding hydrogens is 494 g/mol. The van der Waals surface area contributed by atoms with Crippen LogP contribution in [0.15, 0.2) is 36.5 Å². The molecule has 3 aromatic rings. The maximum atomic E-state index is 14.6. The van der Waals surface area contributed by atoms with E-state index in [1.165, 1.54) is 0 Å². The Balaban J connectivity index is 1.59. The van der Waals surface area contributed by atoms with Crippen LogP contribution in [-0.4, -0.2) is 44.3 Å². The Morgan fingerprint density at radius 1 is 1.19 bits per heavy atom. The van der Waals surface area contributed by atoms with E-state index >= 15 is 0 Å². The Morgan fingerprint density at radius 2 is 1.95 bits per heavy atom. The van der Waals surface area contributed by atoms with Crippen LogP contribution in [0.3, 0.4) is 0 Å². The fourth-order valence-corrected chi connectivity index (χ4v) is 4.63. The molecule has 198 valence electrons. The zero-order valence-electron chi connectivity index (χ0n) is 20.4. The third-order valence-electron chi connectivity index (χ3n) is 6.72. The van der Waals surface area contributed by atoms with E-state index in [4.69, 9.17) is 0 Å². The van der Waals surface area contributed by atoms with E-state index in [9.17, 15) is 32.3 Å². The maximum Gasteiger partial charge on any atom is 0.573 e. The molecule has 0 aliphatic carbocycles. The number of carbonyl (C=O) groups is 2. The van der Waals surface area contributed by atoms with E-state index in [1.54, 1.807) is 35.6 Å². The van der Waals surface area contributed by atoms with Crippen molar-refractivity contribution in [2.24, 2.45) is 5.41 Å². The van der Waals surface area contributed by atoms with E-state index in [-0.39, 0.29) is 31.0 Å². The van der Waals surface area contributed by atoms with Crippen LogP contribution >= 0.6 is 0 Å². The Kier molecular flexibility index (Phi) is 7.16. The van der Waals surface area contributed by atoms with Crippen LogP contribution in [-0.2, 0) is 29.1 Å². The molecule has 0 atom stereocenters. The minimum Gasteiger partial charge on any atom is -0.481 e. The average molecular weight is 522 g/mol. The van der Waals surface area contributed by atoms with E-state index in [1.807, 2.05) is 6.07 Å². The highest BCUT2D eigenvalue weighted by atomic mass is 19.4. The number of pyridine rings is 1. The molecule has 1 aliphatic rings. The number of alkyl halides is 3. The van der Waals surface area contributed by atoms with Gasteiger partial charge in [0.15, 0.2) is 0 Å². The van der Waals surface area contributed by atoms with Gasteiger partial charge in [-0.25, -0.2) is 9.37 Å². The van der Waals surface area contributed by atoms with Gasteiger partial charge in [-0.2, -0.15) is 0 Å². The number of carboxylic acids is 1. The average Bonchev–Trinajstić information content (AvgIpc) is 3.13. The summed E-state index contributed by atoms with van der Waals surface area (Å²) in [5, 5.41) is 10.1. The summed E-state index contributed by atoms with van der Waals surface area (Å²) in [6.45, 7) is 3.83. The number of fused-ring (bicyclic) bond motifs is 3. The molecule has 1 aliphatic heterocycles. The van der Waals surface area contributed by atoms with Crippen molar-refractivity contribution in [2.45, 2.75) is 59.0 Å². The van der Waals surface area contributed by atoms with Crippen molar-refractivity contribution in [1.82, 2.24) is 14.5 Å². The van der Waals surface area contributed by atoms with Gasteiger partial charge in [0.1, 0.15) is 17.2 Å². The van der Waals surface area contributed by atoms with Crippen LogP contribution in [0.5, 0.6) is 5.75 Å². The molecule has 1 amide bonds. The summed E-state index contributed by atoms with van der Waals surface area (Å²) in [5.41, 5.74) is 1.31. The van der Waals surface area contributed by atoms with Crippen LogP contribution in [0.25, 0.3) is 11.0 Å². The lowest BCUT2D eigenvalue weighted by atomic mass is 9.87. The van der Waals surface area contributed by atoms with E-state index in [0.717, 1.165) is 34.8 Å². The third kappa shape index (κ3) is 5.86. The molecule has 7 nitrogen and oxygen atoms in total. The first-order valence-electron chi connectivity index (χ1n) is 11.9. The predicted octanol–water partition coefficient (Wildman–Crippen LogP) is 5.29. The molecule has 0 bridgehead atoms. The molecule has 3 heterocycles. The van der Waals surface area contributed by atoms with Gasteiger partial charge in [-0.1, -0.05) is 0 Å². The Hall–Kier alpha value is -3.63. The van der Waals surface area contributed by atoms with Gasteiger partial charge in [-0.05, 0) is 69.0 Å². The molecule has 0 saturated heterocycles. The number of ether oxygens (including phenoxy) is 1. The predicted molar refractivity (Wildman–Crippen MR) is 126 cm³/mol. The fourth-order valence-electron chi connectivity index (χ4n) is 4.63. The number of carboxylic acid groups (broad SMARTS) is 1. The molecule has 0 fully saturated rings. The van der Waals surface area contributed by atoms with Gasteiger partial charge in [0, 0.05) is 35.8 Å². The number of amides is 1. The number of hydrogen-bond acceptors (Lipinski definition) is 4. The first-order chi connectivity index (χ1) is 17.4. The largest absolute Gasteiger partial charge is 0.573 e. The molecule has 4 rings (SSSR count). The smallest absolute Gasteiger partial charge is 0.481 e. The summed E-state index contributed by atoms with van der Waals surface area (Å²) in [6.07, 6.45) is -1.82. The minimum absolute atomic E-state index is 0.00791. The number of nitrogens with zero attached hydrogens (tertiary/aromatic N) is 3. The highest BCUT2D eigenvalue weighted by Gasteiger charge is 2.32. The Labute approximate surface area is 210 Å². The number of carbonyl (C=O) groups excluding carboxylic acids is 1. The van der Waals surface area contributed by atoms with Crippen molar-refractivity contribution in [1.29, 1.82) is 0 Å². The zero-order valence-corrected chi connectivity index (χ0v) is 20.4. The molecule has 1 N–H and O–H groups in total. The van der Waals surface area contributed by atoms with Crippen molar-refractivity contribution < 1.29 is 37.0 Å². The second kappa shape index (κ2) is 10.0. The standard InChI is InChI=1S/C26H27F4N3O4/c1-25(2,24(35)36)10-3-6-22(34)32-12-9-18-19-5-4-11-31-23(19)33(21(18)15-32)14-16-13-17(7-8-20(16)27)37-26(28,29)30/h4-5,7-8,11,13H,3,6,9-10,12,14-15H2,1-2H3,(H,35,36). The summed E-state index contributed by atoms with van der Waals surface area (Å²) in [5.74, 6) is -2.26. The highest BCUT2D eigenvalue weighted by Crippen LogP contribution is 2.32. The monoisotopic (exact) mass is 521 g/mol. The van der Waals surface area contributed by atoms with Crippen molar-refractivity contribution in [3.05, 3.63) is 59.2 Å². The molecule has 11 heteroatoms. The SMILES string of the molecule is CC(C)(CCCC(=O)N1CCc2c(n(Cc3cc(OC(F)(F)F)ccc3F)c3ncccc23)C1)C(=O)O. The number of hydrogen-bond donors (Lipinski definition) is 1. The lowest BCUT2D eigenvalue weighted by Gasteiger charge is -2.29. The first-order valence-corrected chi connectivity index (χ1v) is 11.9. The summed E-state index contributed by atoms with van der Waals surface area (Å²) < 4.78 is 58.4. The second-order valence-corrected chi connectivity index (χ2v) is 9.79. The van der Waals surface area contributed by atoms with Crippen LogP contribution in [0.4, 0.5) is 17.6 Å². The molecule has 37 heavy (non-hydrogen) atoms. The number of halogens is 4. The van der Waals surface area contributed by atoms with Gasteiger partial charge < -0.3 is 19.3 Å².